The molecule has 2 aliphatic rings. The van der Waals surface area contributed by atoms with Crippen LogP contribution in [0.3, 0.4) is 0 Å². The fourth-order valence-corrected chi connectivity index (χ4v) is 3.40. The molecule has 0 saturated carbocycles. The predicted molar refractivity (Wildman–Crippen MR) is 81.2 cm³/mol. The number of nitrogens with zero attached hydrogens (tertiary/aromatic N) is 2. The molecule has 4 rings (SSSR count). The second-order valence-corrected chi connectivity index (χ2v) is 5.86. The lowest BCUT2D eigenvalue weighted by atomic mass is 9.89. The number of likely N-dealkylation sites (tertiary alicyclic amines) is 1. The van der Waals surface area contributed by atoms with Gasteiger partial charge in [-0.3, -0.25) is 4.90 Å². The Kier molecular flexibility index (Phi) is 4.33. The first-order valence-electron chi connectivity index (χ1n) is 7.31. The van der Waals surface area contributed by atoms with Crippen molar-refractivity contribution in [1.82, 2.24) is 15.4 Å². The van der Waals surface area contributed by atoms with Crippen LogP contribution in [-0.2, 0) is 6.54 Å². The zero-order valence-electron chi connectivity index (χ0n) is 11.8. The molecule has 2 fully saturated rings. The Morgan fingerprint density at radius 3 is 3.05 bits per heavy atom. The Hall–Kier alpha value is -1.30. The molecule has 2 atom stereocenters. The SMILES string of the molecule is Cl.c1coc(-c2cc(CN3CCC4CNCC4C3)no2)c1. The van der Waals surface area contributed by atoms with Crippen molar-refractivity contribution >= 4 is 12.4 Å². The minimum atomic E-state index is 0. The van der Waals surface area contributed by atoms with Crippen LogP contribution in [0.25, 0.3) is 11.5 Å². The van der Waals surface area contributed by atoms with Crippen molar-refractivity contribution in [3.63, 3.8) is 0 Å². The average molecular weight is 310 g/mol. The first kappa shape index (κ1) is 14.6. The summed E-state index contributed by atoms with van der Waals surface area (Å²) in [7, 11) is 0. The van der Waals surface area contributed by atoms with Gasteiger partial charge in [-0.2, -0.15) is 0 Å². The largest absolute Gasteiger partial charge is 0.461 e. The summed E-state index contributed by atoms with van der Waals surface area (Å²) in [6.07, 6.45) is 2.94. The van der Waals surface area contributed by atoms with E-state index >= 15 is 0 Å². The molecule has 21 heavy (non-hydrogen) atoms. The van der Waals surface area contributed by atoms with Gasteiger partial charge in [0.1, 0.15) is 0 Å². The molecule has 0 aliphatic carbocycles. The molecule has 2 aromatic heterocycles. The summed E-state index contributed by atoms with van der Waals surface area (Å²) in [6, 6.07) is 5.73. The van der Waals surface area contributed by atoms with E-state index in [1.807, 2.05) is 18.2 Å². The van der Waals surface area contributed by atoms with E-state index in [1.54, 1.807) is 6.26 Å². The molecule has 0 spiro atoms. The van der Waals surface area contributed by atoms with Gasteiger partial charge in [0, 0.05) is 19.2 Å². The molecule has 0 aromatic carbocycles. The highest BCUT2D eigenvalue weighted by Crippen LogP contribution is 2.28. The van der Waals surface area contributed by atoms with E-state index in [1.165, 1.54) is 19.5 Å². The van der Waals surface area contributed by atoms with Gasteiger partial charge in [-0.1, -0.05) is 5.16 Å². The Morgan fingerprint density at radius 1 is 1.29 bits per heavy atom. The highest BCUT2D eigenvalue weighted by molar-refractivity contribution is 5.85. The van der Waals surface area contributed by atoms with E-state index in [0.29, 0.717) is 5.76 Å². The molecule has 5 nitrogen and oxygen atoms in total. The molecule has 4 heterocycles. The van der Waals surface area contributed by atoms with Crippen LogP contribution in [0.15, 0.2) is 33.4 Å². The summed E-state index contributed by atoms with van der Waals surface area (Å²) in [5, 5.41) is 7.66. The summed E-state index contributed by atoms with van der Waals surface area (Å²) >= 11 is 0. The van der Waals surface area contributed by atoms with Crippen LogP contribution in [0.1, 0.15) is 12.1 Å². The summed E-state index contributed by atoms with van der Waals surface area (Å²) in [6.45, 7) is 5.56. The van der Waals surface area contributed by atoms with Crippen LogP contribution in [0.2, 0.25) is 0 Å². The molecule has 2 saturated heterocycles. The third kappa shape index (κ3) is 3.00. The fraction of sp³-hybridized carbons (Fsp3) is 0.533. The molecule has 0 radical (unpaired) electrons. The van der Waals surface area contributed by atoms with Crippen molar-refractivity contribution in [2.24, 2.45) is 11.8 Å². The van der Waals surface area contributed by atoms with Gasteiger partial charge in [0.25, 0.3) is 0 Å². The summed E-state index contributed by atoms with van der Waals surface area (Å²) in [5.41, 5.74) is 0.987. The second kappa shape index (κ2) is 6.22. The Balaban J connectivity index is 0.00000132. The minimum absolute atomic E-state index is 0. The van der Waals surface area contributed by atoms with E-state index in [9.17, 15) is 0 Å². The molecular weight excluding hydrogens is 290 g/mol. The lowest BCUT2D eigenvalue weighted by Gasteiger charge is -2.33. The molecule has 1 N–H and O–H groups in total. The number of hydrogen-bond acceptors (Lipinski definition) is 5. The first-order valence-corrected chi connectivity index (χ1v) is 7.31. The van der Waals surface area contributed by atoms with E-state index < -0.39 is 0 Å². The van der Waals surface area contributed by atoms with Gasteiger partial charge in [0.05, 0.1) is 12.0 Å². The average Bonchev–Trinajstić information content (AvgIpc) is 3.19. The van der Waals surface area contributed by atoms with E-state index in [0.717, 1.165) is 42.9 Å². The van der Waals surface area contributed by atoms with E-state index in [-0.39, 0.29) is 12.4 Å². The standard InChI is InChI=1S/C15H19N3O2.ClH/c1-2-14(19-5-1)15-6-13(17-20-15)10-18-4-3-11-7-16-8-12(11)9-18;/h1-2,5-6,11-12,16H,3-4,7-10H2;1H. The third-order valence-electron chi connectivity index (χ3n) is 4.50. The van der Waals surface area contributed by atoms with Gasteiger partial charge < -0.3 is 14.3 Å². The van der Waals surface area contributed by atoms with Gasteiger partial charge >= 0.3 is 0 Å². The maximum absolute atomic E-state index is 5.35. The molecule has 0 bridgehead atoms. The van der Waals surface area contributed by atoms with Gasteiger partial charge in [-0.15, -0.1) is 12.4 Å². The van der Waals surface area contributed by atoms with Crippen molar-refractivity contribution in [1.29, 1.82) is 0 Å². The maximum Gasteiger partial charge on any atom is 0.202 e. The molecule has 2 aromatic rings. The van der Waals surface area contributed by atoms with Crippen LogP contribution < -0.4 is 5.32 Å². The van der Waals surface area contributed by atoms with Gasteiger partial charge in [-0.05, 0) is 50.0 Å². The van der Waals surface area contributed by atoms with Crippen molar-refractivity contribution in [2.75, 3.05) is 26.2 Å². The number of nitrogens with one attached hydrogen (secondary N) is 1. The molecule has 2 unspecified atom stereocenters. The Labute approximate surface area is 130 Å². The monoisotopic (exact) mass is 309 g/mol. The van der Waals surface area contributed by atoms with Crippen molar-refractivity contribution in [2.45, 2.75) is 13.0 Å². The molecule has 2 aliphatic heterocycles. The second-order valence-electron chi connectivity index (χ2n) is 5.86. The number of halogens is 1. The highest BCUT2D eigenvalue weighted by Gasteiger charge is 2.32. The molecule has 114 valence electrons. The number of hydrogen-bond donors (Lipinski definition) is 1. The summed E-state index contributed by atoms with van der Waals surface area (Å²) in [4.78, 5) is 2.48. The van der Waals surface area contributed by atoms with Crippen LogP contribution in [-0.4, -0.2) is 36.2 Å². The van der Waals surface area contributed by atoms with Crippen molar-refractivity contribution in [3.8, 4) is 11.5 Å². The van der Waals surface area contributed by atoms with E-state index in [4.69, 9.17) is 8.94 Å². The van der Waals surface area contributed by atoms with Crippen LogP contribution >= 0.6 is 12.4 Å². The number of aromatic nitrogens is 1. The van der Waals surface area contributed by atoms with Gasteiger partial charge in [0.2, 0.25) is 5.76 Å². The molecule has 0 amide bonds. The van der Waals surface area contributed by atoms with Gasteiger partial charge in [0.15, 0.2) is 5.76 Å². The number of piperidine rings is 1. The van der Waals surface area contributed by atoms with Gasteiger partial charge in [-0.25, -0.2) is 0 Å². The predicted octanol–water partition coefficient (Wildman–Crippen LogP) is 2.40. The molecular formula is C15H20ClN3O2. The summed E-state index contributed by atoms with van der Waals surface area (Å²) < 4.78 is 10.7. The quantitative estimate of drug-likeness (QED) is 0.943. The lowest BCUT2D eigenvalue weighted by molar-refractivity contribution is 0.139. The topological polar surface area (TPSA) is 54.4 Å². The van der Waals surface area contributed by atoms with Crippen molar-refractivity contribution < 1.29 is 8.94 Å². The third-order valence-corrected chi connectivity index (χ3v) is 4.50. The normalized spacial score (nSPS) is 25.5. The number of fused-ring (bicyclic) bond motifs is 1. The smallest absolute Gasteiger partial charge is 0.202 e. The Morgan fingerprint density at radius 2 is 2.19 bits per heavy atom. The lowest BCUT2D eigenvalue weighted by Crippen LogP contribution is -2.39. The van der Waals surface area contributed by atoms with Crippen LogP contribution in [0.4, 0.5) is 0 Å². The minimum Gasteiger partial charge on any atom is -0.461 e. The Bertz CT molecular complexity index is 569. The zero-order valence-corrected chi connectivity index (χ0v) is 12.6. The zero-order chi connectivity index (χ0) is 13.4. The van der Waals surface area contributed by atoms with Crippen molar-refractivity contribution in [3.05, 3.63) is 30.2 Å². The summed E-state index contributed by atoms with van der Waals surface area (Å²) in [5.74, 6) is 3.13. The number of rotatable bonds is 3. The van der Waals surface area contributed by atoms with Crippen LogP contribution in [0, 0.1) is 11.8 Å². The maximum atomic E-state index is 5.35. The van der Waals surface area contributed by atoms with E-state index in [2.05, 4.69) is 15.4 Å². The highest BCUT2D eigenvalue weighted by atomic mass is 35.5. The van der Waals surface area contributed by atoms with Crippen LogP contribution in [0.5, 0.6) is 0 Å². The fourth-order valence-electron chi connectivity index (χ4n) is 3.40. The first-order chi connectivity index (χ1) is 9.88. The number of furan rings is 1. The molecule has 6 heteroatoms.